The summed E-state index contributed by atoms with van der Waals surface area (Å²) in [4.78, 5) is 4.62. The molecule has 0 amide bonds. The predicted molar refractivity (Wildman–Crippen MR) is 118 cm³/mol. The number of anilines is 1. The zero-order valence-electron chi connectivity index (χ0n) is 15.4. The summed E-state index contributed by atoms with van der Waals surface area (Å²) in [5, 5.41) is 4.62. The summed E-state index contributed by atoms with van der Waals surface area (Å²) in [5.74, 6) is 0.728. The van der Waals surface area contributed by atoms with Crippen molar-refractivity contribution >= 4 is 40.7 Å². The molecule has 1 fully saturated rings. The molecule has 1 saturated heterocycles. The van der Waals surface area contributed by atoms with Gasteiger partial charge in [-0.2, -0.15) is 0 Å². The Labute approximate surface area is 171 Å². The largest absolute Gasteiger partial charge is 0.495 e. The molecular formula is C21H24ClN3OS. The van der Waals surface area contributed by atoms with Crippen molar-refractivity contribution in [3.05, 3.63) is 65.2 Å². The van der Waals surface area contributed by atoms with E-state index in [9.17, 15) is 0 Å². The van der Waals surface area contributed by atoms with Crippen LogP contribution >= 0.6 is 23.8 Å². The summed E-state index contributed by atoms with van der Waals surface area (Å²) < 4.78 is 5.37. The second-order valence-corrected chi connectivity index (χ2v) is 7.20. The summed E-state index contributed by atoms with van der Waals surface area (Å²) in [6.45, 7) is 4.70. The number of nitrogens with zero attached hydrogens (tertiary/aromatic N) is 2. The van der Waals surface area contributed by atoms with Gasteiger partial charge in [-0.05, 0) is 36.0 Å². The molecule has 2 aromatic carbocycles. The molecule has 1 heterocycles. The van der Waals surface area contributed by atoms with Crippen molar-refractivity contribution in [2.24, 2.45) is 0 Å². The van der Waals surface area contributed by atoms with Gasteiger partial charge in [-0.3, -0.25) is 4.90 Å². The van der Waals surface area contributed by atoms with E-state index in [4.69, 9.17) is 28.6 Å². The zero-order chi connectivity index (χ0) is 19.1. The second kappa shape index (κ2) is 9.74. The molecule has 27 heavy (non-hydrogen) atoms. The Hall–Kier alpha value is -2.08. The van der Waals surface area contributed by atoms with Crippen LogP contribution in [-0.4, -0.2) is 54.7 Å². The van der Waals surface area contributed by atoms with E-state index in [2.05, 4.69) is 51.5 Å². The molecule has 142 valence electrons. The molecule has 2 aromatic rings. The highest BCUT2D eigenvalue weighted by Crippen LogP contribution is 2.28. The zero-order valence-corrected chi connectivity index (χ0v) is 17.0. The first-order chi connectivity index (χ1) is 13.2. The highest BCUT2D eigenvalue weighted by Gasteiger charge is 2.19. The first-order valence-corrected chi connectivity index (χ1v) is 9.78. The van der Waals surface area contributed by atoms with Gasteiger partial charge in [-0.25, -0.2) is 0 Å². The van der Waals surface area contributed by atoms with Crippen LogP contribution in [0.3, 0.4) is 0 Å². The Kier molecular flexibility index (Phi) is 7.10. The van der Waals surface area contributed by atoms with Gasteiger partial charge < -0.3 is 15.0 Å². The Morgan fingerprint density at radius 1 is 1.15 bits per heavy atom. The van der Waals surface area contributed by atoms with Crippen molar-refractivity contribution in [2.75, 3.05) is 45.2 Å². The van der Waals surface area contributed by atoms with E-state index in [0.29, 0.717) is 10.1 Å². The number of methoxy groups -OCH3 is 1. The lowest BCUT2D eigenvalue weighted by Crippen LogP contribution is -2.49. The van der Waals surface area contributed by atoms with Crippen LogP contribution in [0.15, 0.2) is 54.6 Å². The van der Waals surface area contributed by atoms with E-state index in [0.717, 1.165) is 44.2 Å². The lowest BCUT2D eigenvalue weighted by Gasteiger charge is -2.35. The van der Waals surface area contributed by atoms with E-state index in [-0.39, 0.29) is 0 Å². The number of piperazine rings is 1. The van der Waals surface area contributed by atoms with Crippen LogP contribution in [0.5, 0.6) is 5.75 Å². The fraction of sp³-hybridized carbons (Fsp3) is 0.286. The van der Waals surface area contributed by atoms with Crippen molar-refractivity contribution in [1.82, 2.24) is 9.80 Å². The van der Waals surface area contributed by atoms with Gasteiger partial charge in [-0.15, -0.1) is 0 Å². The fourth-order valence-electron chi connectivity index (χ4n) is 3.01. The standard InChI is InChI=1S/C21H24ClN3OS/c1-26-20-10-9-18(22)16-19(20)23-21(27)25-14-12-24(13-15-25)11-5-8-17-6-3-2-4-7-17/h2-10,16H,11-15H2,1H3,(H,23,27)/b8-5-. The van der Waals surface area contributed by atoms with Crippen LogP contribution < -0.4 is 10.1 Å². The first-order valence-electron chi connectivity index (χ1n) is 8.99. The third kappa shape index (κ3) is 5.70. The normalized spacial score (nSPS) is 15.1. The highest BCUT2D eigenvalue weighted by molar-refractivity contribution is 7.80. The van der Waals surface area contributed by atoms with E-state index >= 15 is 0 Å². The lowest BCUT2D eigenvalue weighted by molar-refractivity contribution is 0.199. The van der Waals surface area contributed by atoms with Crippen LogP contribution in [0.1, 0.15) is 5.56 Å². The van der Waals surface area contributed by atoms with Crippen molar-refractivity contribution < 1.29 is 4.74 Å². The van der Waals surface area contributed by atoms with Gasteiger partial charge in [0.05, 0.1) is 12.8 Å². The Morgan fingerprint density at radius 3 is 2.59 bits per heavy atom. The van der Waals surface area contributed by atoms with Crippen LogP contribution in [-0.2, 0) is 0 Å². The molecule has 1 aliphatic heterocycles. The number of hydrogen-bond donors (Lipinski definition) is 1. The van der Waals surface area contributed by atoms with Gasteiger partial charge in [0.25, 0.3) is 0 Å². The molecule has 0 atom stereocenters. The fourth-order valence-corrected chi connectivity index (χ4v) is 3.47. The minimum Gasteiger partial charge on any atom is -0.495 e. The average molecular weight is 402 g/mol. The molecule has 0 bridgehead atoms. The van der Waals surface area contributed by atoms with Gasteiger partial charge in [0.1, 0.15) is 5.75 Å². The van der Waals surface area contributed by atoms with E-state index in [1.54, 1.807) is 13.2 Å². The van der Waals surface area contributed by atoms with Crippen LogP contribution in [0, 0.1) is 0 Å². The summed E-state index contributed by atoms with van der Waals surface area (Å²) in [6.07, 6.45) is 4.39. The van der Waals surface area contributed by atoms with Crippen molar-refractivity contribution in [1.29, 1.82) is 0 Å². The number of nitrogens with one attached hydrogen (secondary N) is 1. The van der Waals surface area contributed by atoms with Gasteiger partial charge in [0.2, 0.25) is 0 Å². The molecule has 0 saturated carbocycles. The van der Waals surface area contributed by atoms with Crippen molar-refractivity contribution in [2.45, 2.75) is 0 Å². The summed E-state index contributed by atoms with van der Waals surface area (Å²) in [6, 6.07) is 15.8. The molecular weight excluding hydrogens is 378 g/mol. The molecule has 1 N–H and O–H groups in total. The van der Waals surface area contributed by atoms with Crippen molar-refractivity contribution in [3.8, 4) is 5.75 Å². The quantitative estimate of drug-likeness (QED) is 0.750. The summed E-state index contributed by atoms with van der Waals surface area (Å²) in [5.41, 5.74) is 2.03. The number of halogens is 1. The molecule has 0 aromatic heterocycles. The topological polar surface area (TPSA) is 27.7 Å². The molecule has 0 spiro atoms. The highest BCUT2D eigenvalue weighted by atomic mass is 35.5. The van der Waals surface area contributed by atoms with E-state index in [1.165, 1.54) is 5.56 Å². The molecule has 0 unspecified atom stereocenters. The lowest BCUT2D eigenvalue weighted by atomic mass is 10.2. The molecule has 3 rings (SSSR count). The molecule has 6 heteroatoms. The van der Waals surface area contributed by atoms with Crippen molar-refractivity contribution in [3.63, 3.8) is 0 Å². The van der Waals surface area contributed by atoms with Gasteiger partial charge in [0.15, 0.2) is 5.11 Å². The third-order valence-electron chi connectivity index (χ3n) is 4.54. The summed E-state index contributed by atoms with van der Waals surface area (Å²) in [7, 11) is 1.64. The van der Waals surface area contributed by atoms with Crippen LogP contribution in [0.2, 0.25) is 5.02 Å². The van der Waals surface area contributed by atoms with Crippen LogP contribution in [0.4, 0.5) is 5.69 Å². The number of rotatable bonds is 5. The minimum absolute atomic E-state index is 0.649. The molecule has 1 aliphatic rings. The second-order valence-electron chi connectivity index (χ2n) is 6.38. The smallest absolute Gasteiger partial charge is 0.173 e. The monoisotopic (exact) mass is 401 g/mol. The first kappa shape index (κ1) is 19.7. The maximum absolute atomic E-state index is 6.09. The Balaban J connectivity index is 1.48. The molecule has 4 nitrogen and oxygen atoms in total. The number of thiocarbonyl (C=S) groups is 1. The maximum atomic E-state index is 6.09. The van der Waals surface area contributed by atoms with Gasteiger partial charge in [-0.1, -0.05) is 54.1 Å². The summed E-state index contributed by atoms with van der Waals surface area (Å²) >= 11 is 11.7. The average Bonchev–Trinajstić information content (AvgIpc) is 2.69. The predicted octanol–water partition coefficient (Wildman–Crippen LogP) is 4.38. The van der Waals surface area contributed by atoms with Crippen LogP contribution in [0.25, 0.3) is 6.08 Å². The number of ether oxygens (including phenoxy) is 1. The van der Waals surface area contributed by atoms with E-state index in [1.807, 2.05) is 18.2 Å². The molecule has 0 radical (unpaired) electrons. The SMILES string of the molecule is COc1ccc(Cl)cc1NC(=S)N1CCN(C/C=C\c2ccccc2)CC1. The van der Waals surface area contributed by atoms with Gasteiger partial charge >= 0.3 is 0 Å². The Bertz CT molecular complexity index is 789. The third-order valence-corrected chi connectivity index (χ3v) is 5.13. The van der Waals surface area contributed by atoms with Gasteiger partial charge in [0, 0.05) is 37.7 Å². The Morgan fingerprint density at radius 2 is 1.89 bits per heavy atom. The minimum atomic E-state index is 0.649. The van der Waals surface area contributed by atoms with E-state index < -0.39 is 0 Å². The maximum Gasteiger partial charge on any atom is 0.173 e. The number of benzene rings is 2. The molecule has 0 aliphatic carbocycles. The number of hydrogen-bond acceptors (Lipinski definition) is 3.